The number of pyridine rings is 1. The van der Waals surface area contributed by atoms with Gasteiger partial charge in [0.1, 0.15) is 5.56 Å². The smallest absolute Gasteiger partial charge is 0.263 e. The molecule has 0 radical (unpaired) electrons. The van der Waals surface area contributed by atoms with Crippen molar-refractivity contribution in [3.8, 4) is 0 Å². The number of amides is 1. The summed E-state index contributed by atoms with van der Waals surface area (Å²) in [4.78, 5) is 28.8. The van der Waals surface area contributed by atoms with E-state index >= 15 is 0 Å². The van der Waals surface area contributed by atoms with E-state index in [1.807, 2.05) is 24.3 Å². The number of carbonyl (C=O) groups excluding carboxylic acids is 1. The summed E-state index contributed by atoms with van der Waals surface area (Å²) < 4.78 is 24.0. The molecule has 0 atom stereocenters. The lowest BCUT2D eigenvalue weighted by Gasteiger charge is -2.29. The molecule has 0 aliphatic carbocycles. The Hall–Kier alpha value is -2.41. The molecule has 0 unspecified atom stereocenters. The third kappa shape index (κ3) is 2.87. The molecule has 1 amide bonds. The number of para-hydroxylation sites is 1. The summed E-state index contributed by atoms with van der Waals surface area (Å²) in [5.41, 5.74) is 1.09. The summed E-state index contributed by atoms with van der Waals surface area (Å²) >= 11 is 0. The first kappa shape index (κ1) is 16.4. The summed E-state index contributed by atoms with van der Waals surface area (Å²) in [7, 11) is -3.50. The maximum absolute atomic E-state index is 12.9. The molecule has 3 rings (SSSR count). The molecule has 0 saturated carbocycles. The predicted octanol–water partition coefficient (Wildman–Crippen LogP) is 1.76. The summed E-state index contributed by atoms with van der Waals surface area (Å²) in [6.45, 7) is 2.02. The summed E-state index contributed by atoms with van der Waals surface area (Å²) in [6.07, 6.45) is 2.82. The van der Waals surface area contributed by atoms with Crippen LogP contribution in [-0.2, 0) is 16.3 Å². The van der Waals surface area contributed by atoms with Gasteiger partial charge in [-0.05, 0) is 30.5 Å². The predicted molar refractivity (Wildman–Crippen MR) is 91.2 cm³/mol. The molecule has 1 aliphatic heterocycles. The molecule has 2 heterocycles. The van der Waals surface area contributed by atoms with Gasteiger partial charge < -0.3 is 9.88 Å². The van der Waals surface area contributed by atoms with Crippen LogP contribution in [0.25, 0.3) is 0 Å². The molecule has 0 spiro atoms. The molecule has 7 heteroatoms. The highest BCUT2D eigenvalue weighted by molar-refractivity contribution is 7.91. The Morgan fingerprint density at radius 1 is 1.29 bits per heavy atom. The Morgan fingerprint density at radius 3 is 2.79 bits per heavy atom. The van der Waals surface area contributed by atoms with E-state index in [-0.39, 0.29) is 16.2 Å². The van der Waals surface area contributed by atoms with Gasteiger partial charge in [0.15, 0.2) is 9.84 Å². The second kappa shape index (κ2) is 6.24. The van der Waals surface area contributed by atoms with Crippen molar-refractivity contribution in [3.63, 3.8) is 0 Å². The Morgan fingerprint density at radius 2 is 2.04 bits per heavy atom. The molecule has 2 aromatic rings. The van der Waals surface area contributed by atoms with Crippen LogP contribution in [0, 0.1) is 0 Å². The first-order valence-electron chi connectivity index (χ1n) is 7.79. The average Bonchev–Trinajstić information content (AvgIpc) is 2.61. The Labute approximate surface area is 140 Å². The van der Waals surface area contributed by atoms with Gasteiger partial charge in [-0.15, -0.1) is 0 Å². The second-order valence-electron chi connectivity index (χ2n) is 5.67. The number of sulfone groups is 1. The van der Waals surface area contributed by atoms with Gasteiger partial charge >= 0.3 is 0 Å². The molecule has 1 aromatic heterocycles. The number of fused-ring (bicyclic) bond motifs is 1. The van der Waals surface area contributed by atoms with Crippen LogP contribution in [0.4, 0.5) is 5.69 Å². The van der Waals surface area contributed by atoms with Crippen LogP contribution in [-0.4, -0.2) is 31.6 Å². The van der Waals surface area contributed by atoms with Gasteiger partial charge in [-0.25, -0.2) is 8.42 Å². The Kier molecular flexibility index (Phi) is 4.28. The van der Waals surface area contributed by atoms with Crippen LogP contribution < -0.4 is 10.5 Å². The molecular formula is C17H18N2O4S. The number of rotatable bonds is 3. The zero-order valence-corrected chi connectivity index (χ0v) is 14.1. The standard InChI is InChI=1S/C17H18N2O4S/c1-2-24(22,23)13-10-14(16(20)18-11-13)17(21)19-9-5-7-12-6-3-4-8-15(12)19/h3-4,6,8,10-11H,2,5,7,9H2,1H3,(H,18,20). The van der Waals surface area contributed by atoms with Gasteiger partial charge in [0.2, 0.25) is 0 Å². The van der Waals surface area contributed by atoms with Crippen molar-refractivity contribution in [2.24, 2.45) is 0 Å². The molecule has 126 valence electrons. The topological polar surface area (TPSA) is 87.3 Å². The highest BCUT2D eigenvalue weighted by atomic mass is 32.2. The first-order valence-corrected chi connectivity index (χ1v) is 9.44. The lowest BCUT2D eigenvalue weighted by atomic mass is 10.0. The monoisotopic (exact) mass is 346 g/mol. The number of aromatic amines is 1. The molecular weight excluding hydrogens is 328 g/mol. The van der Waals surface area contributed by atoms with Gasteiger partial charge in [-0.3, -0.25) is 9.59 Å². The summed E-state index contributed by atoms with van der Waals surface area (Å²) in [6, 6.07) is 8.72. The second-order valence-corrected chi connectivity index (χ2v) is 7.95. The molecule has 24 heavy (non-hydrogen) atoms. The highest BCUT2D eigenvalue weighted by Gasteiger charge is 2.26. The number of hydrogen-bond donors (Lipinski definition) is 1. The van der Waals surface area contributed by atoms with Crippen molar-refractivity contribution in [1.82, 2.24) is 4.98 Å². The quantitative estimate of drug-likeness (QED) is 0.917. The fourth-order valence-electron chi connectivity index (χ4n) is 2.86. The van der Waals surface area contributed by atoms with Gasteiger partial charge in [-0.1, -0.05) is 25.1 Å². The molecule has 6 nitrogen and oxygen atoms in total. The number of benzene rings is 1. The fourth-order valence-corrected chi connectivity index (χ4v) is 3.73. The van der Waals surface area contributed by atoms with E-state index in [2.05, 4.69) is 4.98 Å². The maximum atomic E-state index is 12.9. The Bertz CT molecular complexity index is 947. The third-order valence-electron chi connectivity index (χ3n) is 4.20. The highest BCUT2D eigenvalue weighted by Crippen LogP contribution is 2.27. The van der Waals surface area contributed by atoms with Crippen molar-refractivity contribution >= 4 is 21.4 Å². The van der Waals surface area contributed by atoms with E-state index in [4.69, 9.17) is 0 Å². The minimum absolute atomic E-state index is 0.0433. The zero-order valence-electron chi connectivity index (χ0n) is 13.3. The minimum atomic E-state index is -3.50. The molecule has 1 aliphatic rings. The van der Waals surface area contributed by atoms with Gasteiger partial charge in [-0.2, -0.15) is 0 Å². The maximum Gasteiger partial charge on any atom is 0.263 e. The van der Waals surface area contributed by atoms with Crippen molar-refractivity contribution in [1.29, 1.82) is 0 Å². The summed E-state index contributed by atoms with van der Waals surface area (Å²) in [5, 5.41) is 0. The van der Waals surface area contributed by atoms with Crippen LogP contribution >= 0.6 is 0 Å². The number of aryl methyl sites for hydroxylation is 1. The molecule has 0 bridgehead atoms. The van der Waals surface area contributed by atoms with E-state index in [1.54, 1.807) is 4.90 Å². The number of nitrogens with zero attached hydrogens (tertiary/aromatic N) is 1. The lowest BCUT2D eigenvalue weighted by molar-refractivity contribution is 0.0983. The number of aromatic nitrogens is 1. The van der Waals surface area contributed by atoms with Crippen molar-refractivity contribution < 1.29 is 13.2 Å². The number of carbonyl (C=O) groups is 1. The Balaban J connectivity index is 2.06. The van der Waals surface area contributed by atoms with E-state index < -0.39 is 21.3 Å². The van der Waals surface area contributed by atoms with Crippen molar-refractivity contribution in [3.05, 3.63) is 58.0 Å². The zero-order chi connectivity index (χ0) is 17.3. The minimum Gasteiger partial charge on any atom is -0.327 e. The molecule has 1 aromatic carbocycles. The van der Waals surface area contributed by atoms with Crippen LogP contribution in [0.5, 0.6) is 0 Å². The van der Waals surface area contributed by atoms with Crippen LogP contribution in [0.15, 0.2) is 46.2 Å². The van der Waals surface area contributed by atoms with Crippen molar-refractivity contribution in [2.75, 3.05) is 17.2 Å². The van der Waals surface area contributed by atoms with E-state index in [1.165, 1.54) is 13.0 Å². The van der Waals surface area contributed by atoms with Gasteiger partial charge in [0.05, 0.1) is 10.6 Å². The van der Waals surface area contributed by atoms with Crippen LogP contribution in [0.1, 0.15) is 29.3 Å². The van der Waals surface area contributed by atoms with Crippen molar-refractivity contribution in [2.45, 2.75) is 24.7 Å². The van der Waals surface area contributed by atoms with E-state index in [0.29, 0.717) is 6.54 Å². The molecule has 1 N–H and O–H groups in total. The largest absolute Gasteiger partial charge is 0.327 e. The first-order chi connectivity index (χ1) is 11.4. The van der Waals surface area contributed by atoms with E-state index in [0.717, 1.165) is 30.3 Å². The number of hydrogen-bond acceptors (Lipinski definition) is 4. The average molecular weight is 346 g/mol. The van der Waals surface area contributed by atoms with Gasteiger partial charge in [0.25, 0.3) is 11.5 Å². The van der Waals surface area contributed by atoms with Crippen LogP contribution in [0.3, 0.4) is 0 Å². The number of anilines is 1. The van der Waals surface area contributed by atoms with Crippen LogP contribution in [0.2, 0.25) is 0 Å². The number of H-pyrrole nitrogens is 1. The number of nitrogens with one attached hydrogen (secondary N) is 1. The third-order valence-corrected chi connectivity index (χ3v) is 5.92. The fraction of sp³-hybridized carbons (Fsp3) is 0.294. The lowest BCUT2D eigenvalue weighted by Crippen LogP contribution is -2.38. The normalized spacial score (nSPS) is 14.3. The molecule has 0 fully saturated rings. The van der Waals surface area contributed by atoms with E-state index in [9.17, 15) is 18.0 Å². The summed E-state index contributed by atoms with van der Waals surface area (Å²) in [5.74, 6) is -0.573. The molecule has 0 saturated heterocycles. The van der Waals surface area contributed by atoms with Gasteiger partial charge in [0, 0.05) is 18.4 Å². The SMILES string of the molecule is CCS(=O)(=O)c1c[nH]c(=O)c(C(=O)N2CCCc3ccccc32)c1.